The van der Waals surface area contributed by atoms with Crippen molar-refractivity contribution in [3.63, 3.8) is 0 Å². The Labute approximate surface area is 649 Å². The summed E-state index contributed by atoms with van der Waals surface area (Å²) in [6.07, 6.45) is 0. The van der Waals surface area contributed by atoms with E-state index in [1.807, 2.05) is 153 Å². The monoisotopic (exact) mass is 1590 g/mol. The summed E-state index contributed by atoms with van der Waals surface area (Å²) in [4.78, 5) is 28.9. The Morgan fingerprint density at radius 1 is 0.269 bits per heavy atom. The van der Waals surface area contributed by atoms with Crippen LogP contribution in [0.2, 0.25) is 0 Å². The van der Waals surface area contributed by atoms with Crippen LogP contribution < -0.4 is 5.46 Å². The van der Waals surface area contributed by atoms with Crippen LogP contribution in [0.15, 0.2) is 356 Å². The summed E-state index contributed by atoms with van der Waals surface area (Å²) in [7, 11) is -0.391. The quantitative estimate of drug-likeness (QED) is 0.0882. The molecule has 0 aliphatic carbocycles. The summed E-state index contributed by atoms with van der Waals surface area (Å²) < 4.78 is 19.3. The van der Waals surface area contributed by atoms with Gasteiger partial charge in [0.2, 0.25) is 0 Å². The molecule has 0 spiro atoms. The molecule has 4 aromatic heterocycles. The number of fused-ring (bicyclic) bond motifs is 6. The van der Waals surface area contributed by atoms with Gasteiger partial charge in [0, 0.05) is 21.2 Å². The first-order valence-electron chi connectivity index (χ1n) is 35.9. The van der Waals surface area contributed by atoms with Crippen LogP contribution in [-0.4, -0.2) is 77.2 Å². The predicted octanol–water partition coefficient (Wildman–Crippen LogP) is 23.4. The first-order valence-corrected chi connectivity index (χ1v) is 40.2. The second-order valence-electron chi connectivity index (χ2n) is 27.3. The Bertz CT molecular complexity index is 6120. The summed E-state index contributed by atoms with van der Waals surface area (Å²) in [5.74, 6) is 4.00. The molecule has 0 bridgehead atoms. The number of rotatable bonds is 12. The zero-order valence-corrected chi connectivity index (χ0v) is 64.5. The maximum absolute atomic E-state index is 6.37. The third-order valence-corrected chi connectivity index (χ3v) is 25.8. The summed E-state index contributed by atoms with van der Waals surface area (Å²) in [6, 6.07) is 123. The van der Waals surface area contributed by atoms with Crippen LogP contribution in [0, 0.1) is 6.92 Å². The van der Waals surface area contributed by atoms with Gasteiger partial charge in [-0.3, -0.25) is 0 Å². The molecular weight excluding hydrogens is 1520 g/mol. The molecule has 0 saturated carbocycles. The molecule has 1 aliphatic heterocycles. The fourth-order valence-electron chi connectivity index (χ4n) is 13.7. The molecule has 5 heterocycles. The topological polar surface area (TPSA) is 95.8 Å². The summed E-state index contributed by atoms with van der Waals surface area (Å²) in [6.45, 7) is 10.4. The van der Waals surface area contributed by atoms with Crippen molar-refractivity contribution < 1.29 is 9.31 Å². The van der Waals surface area contributed by atoms with E-state index >= 15 is 0 Å². The molecule has 18 aromatic rings. The Balaban J connectivity index is 0.000000126. The van der Waals surface area contributed by atoms with Gasteiger partial charge in [0.1, 0.15) is 0 Å². The van der Waals surface area contributed by atoms with Gasteiger partial charge in [0.25, 0.3) is 0 Å². The molecule has 1 saturated heterocycles. The number of halogens is 1. The summed E-state index contributed by atoms with van der Waals surface area (Å²) >= 11 is 3.81. The van der Waals surface area contributed by atoms with Crippen LogP contribution in [0.1, 0.15) is 20.8 Å². The van der Waals surface area contributed by atoms with Crippen molar-refractivity contribution in [2.75, 3.05) is 0 Å². The van der Waals surface area contributed by atoms with Crippen LogP contribution in [-0.2, 0) is 9.31 Å². The number of benzene rings is 14. The molecule has 0 amide bonds. The molecule has 1 aliphatic rings. The van der Waals surface area contributed by atoms with Gasteiger partial charge in [-0.15, -0.1) is 0 Å². The summed E-state index contributed by atoms with van der Waals surface area (Å²) in [5.41, 5.74) is 18.4. The van der Waals surface area contributed by atoms with E-state index in [4.69, 9.17) is 34.2 Å². The SMILES string of the molecule is Brc1cccc(-c2nc(-c3ccccc3)nc(-c3ccccc3)n2)c1.[CH2+]C1(C)OB(c2cccc3c2[se]c2c(-c4ccc(-c5ccccc5)cc4)cccc23)OC1(C)C.c1ccc(-c2ccc(-c3cccc4c3[se]c3c(-c5cccc(-c6nc(-c7ccccc7)nc(-c7ccccc7)n6)c5)cccc34)cc2)cc1. The first-order chi connectivity index (χ1) is 52.9. The molecule has 8 nitrogen and oxygen atoms in total. The van der Waals surface area contributed by atoms with Crippen molar-refractivity contribution in [1.82, 2.24) is 29.9 Å². The Hall–Kier alpha value is -11.5. The minimum absolute atomic E-state index is 0.139. The van der Waals surface area contributed by atoms with Crippen molar-refractivity contribution in [3.05, 3.63) is 363 Å². The van der Waals surface area contributed by atoms with Gasteiger partial charge in [0.05, 0.1) is 0 Å². The van der Waals surface area contributed by atoms with Gasteiger partial charge in [-0.05, 0) is 12.1 Å². The predicted molar refractivity (Wildman–Crippen MR) is 453 cm³/mol. The van der Waals surface area contributed by atoms with E-state index in [1.54, 1.807) is 0 Å². The Kier molecular flexibility index (Phi) is 19.6. The van der Waals surface area contributed by atoms with Crippen LogP contribution in [0.25, 0.3) is 163 Å². The maximum atomic E-state index is 6.37. The second kappa shape index (κ2) is 30.4. The standard InChI is InChI=1S/C45H29N3Se.C30H26BO2Se.C21H14BrN3/c1-4-13-30(14-5-1)31-25-27-32(28-26-31)37-21-11-23-39-40-24-12-22-38(42(40)49-41(37)39)35-19-10-20-36(29-35)45-47-43(33-15-6-2-7-16-33)46-44(48-45)34-17-8-3-9-18-34;1-29(2)30(3,4)33-31(32-29)26-15-9-14-25-24-13-8-12-23(27(24)34-28(25)26)22-18-16-21(17-19-22)20-10-6-5-7-11-20;22-18-13-7-12-17(14-18)21-24-19(15-8-3-1-4-9-15)23-20(25-21)16-10-5-2-6-11-16/h1-29H;5-19H,1H2,2-4H3;1-14H/q;+1;. The van der Waals surface area contributed by atoms with Crippen LogP contribution >= 0.6 is 15.9 Å². The number of aromatic nitrogens is 6. The average molecular weight is 1590 g/mol. The Morgan fingerprint density at radius 3 is 0.917 bits per heavy atom. The van der Waals surface area contributed by atoms with Gasteiger partial charge in [-0.1, -0.05) is 88.7 Å². The summed E-state index contributed by atoms with van der Waals surface area (Å²) in [5, 5.41) is 5.31. The van der Waals surface area contributed by atoms with Crippen molar-refractivity contribution >= 4 is 96.1 Å². The van der Waals surface area contributed by atoms with Crippen LogP contribution in [0.3, 0.4) is 0 Å². The molecule has 516 valence electrons. The normalized spacial score (nSPS) is 13.8. The molecule has 19 rings (SSSR count). The van der Waals surface area contributed by atoms with Gasteiger partial charge >= 0.3 is 500 Å². The van der Waals surface area contributed by atoms with E-state index < -0.39 is 18.3 Å². The number of hydrogen-bond donors (Lipinski definition) is 0. The fraction of sp³-hybridized carbons (Fsp3) is 0.0521. The molecule has 1 fully saturated rings. The van der Waals surface area contributed by atoms with Crippen LogP contribution in [0.5, 0.6) is 0 Å². The third-order valence-electron chi connectivity index (χ3n) is 19.9. The van der Waals surface area contributed by atoms with E-state index in [0.717, 1.165) is 43.3 Å². The van der Waals surface area contributed by atoms with Crippen molar-refractivity contribution in [2.45, 2.75) is 32.0 Å². The molecule has 0 radical (unpaired) electrons. The number of hydrogen-bond acceptors (Lipinski definition) is 8. The van der Waals surface area contributed by atoms with E-state index in [9.17, 15) is 0 Å². The molecule has 12 heteroatoms. The second-order valence-corrected chi connectivity index (χ2v) is 32.5. The first kappa shape index (κ1) is 69.5. The van der Waals surface area contributed by atoms with Crippen LogP contribution in [0.4, 0.5) is 0 Å². The van der Waals surface area contributed by atoms with Gasteiger partial charge in [-0.2, -0.15) is 0 Å². The zero-order chi connectivity index (χ0) is 73.1. The fourth-order valence-corrected chi connectivity index (χ4v) is 19.9. The van der Waals surface area contributed by atoms with E-state index in [-0.39, 0.29) is 29.0 Å². The number of nitrogens with zero attached hydrogens (tertiary/aromatic N) is 6. The molecule has 108 heavy (non-hydrogen) atoms. The van der Waals surface area contributed by atoms with Crippen molar-refractivity contribution in [1.29, 1.82) is 0 Å². The Morgan fingerprint density at radius 2 is 0.546 bits per heavy atom. The van der Waals surface area contributed by atoms with E-state index in [0.29, 0.717) is 34.9 Å². The molecule has 14 aromatic carbocycles. The molecular formula is C96H69BBrN6O2Se2+. The van der Waals surface area contributed by atoms with E-state index in [1.165, 1.54) is 94.2 Å². The zero-order valence-electron chi connectivity index (χ0n) is 59.5. The van der Waals surface area contributed by atoms with Crippen molar-refractivity contribution in [3.8, 4) is 124 Å². The molecule has 1 unspecified atom stereocenters. The average Bonchev–Trinajstić information content (AvgIpc) is 1.65. The van der Waals surface area contributed by atoms with Gasteiger partial charge < -0.3 is 0 Å². The van der Waals surface area contributed by atoms with E-state index in [2.05, 4.69) is 248 Å². The molecule has 1 atom stereocenters. The third kappa shape index (κ3) is 14.4. The van der Waals surface area contributed by atoms with Gasteiger partial charge in [-0.25, -0.2) is 15.0 Å². The van der Waals surface area contributed by atoms with Crippen molar-refractivity contribution in [2.24, 2.45) is 0 Å². The minimum atomic E-state index is -0.593. The van der Waals surface area contributed by atoms with Gasteiger partial charge in [0.15, 0.2) is 17.5 Å². The molecule has 0 N–H and O–H groups in total.